The number of aromatic nitrogens is 1. The van der Waals surface area contributed by atoms with E-state index < -0.39 is 22.0 Å². The average Bonchev–Trinajstić information content (AvgIpc) is 3.65. The summed E-state index contributed by atoms with van der Waals surface area (Å²) in [4.78, 5) is 35.1. The molecule has 0 bridgehead atoms. The molecule has 1 saturated heterocycles. The molecule has 238 valence electrons. The zero-order chi connectivity index (χ0) is 31.7. The Morgan fingerprint density at radius 2 is 1.98 bits per heavy atom. The van der Waals surface area contributed by atoms with E-state index in [2.05, 4.69) is 10.3 Å². The maximum absolute atomic E-state index is 13.9. The van der Waals surface area contributed by atoms with Crippen molar-refractivity contribution in [1.29, 1.82) is 0 Å². The normalized spacial score (nSPS) is 19.0. The minimum Gasteiger partial charge on any atom is -0.436 e. The van der Waals surface area contributed by atoms with E-state index in [0.717, 1.165) is 32.7 Å². The first kappa shape index (κ1) is 31.6. The molecule has 4 heterocycles. The molecular weight excluding hydrogens is 638 g/mol. The van der Waals surface area contributed by atoms with E-state index >= 15 is 0 Å². The fraction of sp³-hybridized carbons (Fsp3) is 0.387. The summed E-state index contributed by atoms with van der Waals surface area (Å²) in [6, 6.07) is 15.6. The Morgan fingerprint density at radius 3 is 2.76 bits per heavy atom. The Hall–Kier alpha value is -3.33. The van der Waals surface area contributed by atoms with Gasteiger partial charge in [-0.3, -0.25) is 9.59 Å². The Kier molecular flexibility index (Phi) is 9.27. The molecule has 4 aromatic rings. The maximum atomic E-state index is 13.9. The molecule has 2 atom stereocenters. The largest absolute Gasteiger partial charge is 0.436 e. The number of thiophene rings is 1. The van der Waals surface area contributed by atoms with Crippen LogP contribution in [-0.2, 0) is 34.3 Å². The third-order valence-corrected chi connectivity index (χ3v) is 11.8. The number of aliphatic hydroxyl groups is 1. The van der Waals surface area contributed by atoms with Gasteiger partial charge in [0.25, 0.3) is 15.9 Å². The number of sulfonamides is 1. The minimum absolute atomic E-state index is 0.0388. The molecule has 2 aliphatic heterocycles. The highest BCUT2D eigenvalue weighted by Crippen LogP contribution is 2.34. The lowest BCUT2D eigenvalue weighted by Crippen LogP contribution is -2.57. The van der Waals surface area contributed by atoms with E-state index in [4.69, 9.17) is 16.0 Å². The number of amides is 2. The molecule has 2 aliphatic rings. The first-order valence-electron chi connectivity index (χ1n) is 14.8. The van der Waals surface area contributed by atoms with Crippen molar-refractivity contribution in [3.8, 4) is 0 Å². The smallest absolute Gasteiger partial charge is 0.310 e. The number of benzene rings is 2. The van der Waals surface area contributed by atoms with Crippen LogP contribution in [-0.4, -0.2) is 89.3 Å². The molecule has 0 saturated carbocycles. The van der Waals surface area contributed by atoms with Gasteiger partial charge in [0.05, 0.1) is 24.9 Å². The predicted octanol–water partition coefficient (Wildman–Crippen LogP) is 3.50. The van der Waals surface area contributed by atoms with Gasteiger partial charge in [-0.1, -0.05) is 48.0 Å². The van der Waals surface area contributed by atoms with Gasteiger partial charge >= 0.3 is 5.91 Å². The van der Waals surface area contributed by atoms with Crippen LogP contribution in [0.5, 0.6) is 0 Å². The van der Waals surface area contributed by atoms with Crippen molar-refractivity contribution in [2.24, 2.45) is 0 Å². The van der Waals surface area contributed by atoms with Gasteiger partial charge in [-0.05, 0) is 36.1 Å². The summed E-state index contributed by atoms with van der Waals surface area (Å²) in [5, 5.41) is 14.3. The van der Waals surface area contributed by atoms with Crippen molar-refractivity contribution < 1.29 is 27.5 Å². The maximum Gasteiger partial charge on any atom is 0.310 e. The Labute approximate surface area is 270 Å². The van der Waals surface area contributed by atoms with Gasteiger partial charge in [-0.25, -0.2) is 13.4 Å². The Morgan fingerprint density at radius 1 is 1.18 bits per heavy atom. The van der Waals surface area contributed by atoms with E-state index in [-0.39, 0.29) is 67.8 Å². The number of carbonyl (C=O) groups excluding carboxylic acids is 2. The van der Waals surface area contributed by atoms with Crippen molar-refractivity contribution in [2.75, 3.05) is 32.8 Å². The number of aliphatic hydroxyl groups excluding tert-OH is 1. The summed E-state index contributed by atoms with van der Waals surface area (Å²) in [6.07, 6.45) is 0.474. The molecule has 0 spiro atoms. The highest BCUT2D eigenvalue weighted by molar-refractivity contribution is 7.91. The van der Waals surface area contributed by atoms with Gasteiger partial charge in [-0.2, -0.15) is 4.31 Å². The van der Waals surface area contributed by atoms with E-state index in [1.165, 1.54) is 14.1 Å². The summed E-state index contributed by atoms with van der Waals surface area (Å²) in [7, 11) is -3.95. The number of halogens is 1. The van der Waals surface area contributed by atoms with Crippen LogP contribution in [0.2, 0.25) is 5.02 Å². The van der Waals surface area contributed by atoms with E-state index in [1.54, 1.807) is 24.3 Å². The lowest BCUT2D eigenvalue weighted by atomic mass is 10.1. The zero-order valence-electron chi connectivity index (χ0n) is 24.7. The number of oxazole rings is 1. The van der Waals surface area contributed by atoms with Crippen LogP contribution in [0, 0.1) is 0 Å². The van der Waals surface area contributed by atoms with Gasteiger partial charge in [0.2, 0.25) is 5.91 Å². The van der Waals surface area contributed by atoms with Crippen LogP contribution < -0.4 is 5.32 Å². The summed E-state index contributed by atoms with van der Waals surface area (Å²) in [5.41, 5.74) is 1.61. The molecule has 0 radical (unpaired) electrons. The van der Waals surface area contributed by atoms with E-state index in [9.17, 15) is 23.1 Å². The molecule has 1 fully saturated rings. The van der Waals surface area contributed by atoms with Crippen LogP contribution in [0.4, 0.5) is 0 Å². The second-order valence-electron chi connectivity index (χ2n) is 11.4. The average molecular weight is 672 g/mol. The number of nitrogens with zero attached hydrogens (tertiary/aromatic N) is 4. The molecule has 14 heteroatoms. The Balaban J connectivity index is 1.28. The summed E-state index contributed by atoms with van der Waals surface area (Å²) < 4.78 is 35.9. The number of piperazine rings is 1. The van der Waals surface area contributed by atoms with Gasteiger partial charge in [0, 0.05) is 61.3 Å². The van der Waals surface area contributed by atoms with Crippen LogP contribution >= 0.6 is 22.9 Å². The fourth-order valence-electron chi connectivity index (χ4n) is 5.79. The molecule has 6 rings (SSSR count). The van der Waals surface area contributed by atoms with Gasteiger partial charge in [0.15, 0.2) is 0 Å². The molecule has 2 aromatic heterocycles. The quantitative estimate of drug-likeness (QED) is 0.276. The van der Waals surface area contributed by atoms with E-state index in [0.29, 0.717) is 23.7 Å². The molecule has 2 aromatic carbocycles. The van der Waals surface area contributed by atoms with Crippen molar-refractivity contribution in [2.45, 2.75) is 49.1 Å². The monoisotopic (exact) mass is 671 g/mol. The van der Waals surface area contributed by atoms with E-state index in [1.807, 2.05) is 37.3 Å². The first-order valence-corrected chi connectivity index (χ1v) is 17.4. The van der Waals surface area contributed by atoms with Crippen molar-refractivity contribution >= 4 is 54.9 Å². The predicted molar refractivity (Wildman–Crippen MR) is 170 cm³/mol. The molecular formula is C31H34ClN5O6S2. The number of hydrogen-bond donors (Lipinski definition) is 2. The lowest BCUT2D eigenvalue weighted by molar-refractivity contribution is -0.133. The molecule has 2 unspecified atom stereocenters. The highest BCUT2D eigenvalue weighted by Gasteiger charge is 2.40. The number of nitrogens with one attached hydrogen (secondary N) is 1. The third-order valence-electron chi connectivity index (χ3n) is 8.18. The van der Waals surface area contributed by atoms with Crippen LogP contribution in [0.15, 0.2) is 63.2 Å². The highest BCUT2D eigenvalue weighted by atomic mass is 35.5. The minimum atomic E-state index is -3.95. The van der Waals surface area contributed by atoms with Crippen LogP contribution in [0.25, 0.3) is 10.1 Å². The van der Waals surface area contributed by atoms with Gasteiger partial charge < -0.3 is 24.6 Å². The number of rotatable bonds is 9. The number of carbonyl (C=O) groups is 2. The molecule has 2 N–H and O–H groups in total. The summed E-state index contributed by atoms with van der Waals surface area (Å²) in [6.45, 7) is 2.61. The molecule has 2 amide bonds. The topological polar surface area (TPSA) is 136 Å². The zero-order valence-corrected chi connectivity index (χ0v) is 27.1. The standard InChI is InChI=1S/C31H34ClN5O6S2/c1-20-13-25-26(17-33-20)43-30(34-25)31(40)37-10-9-36(45(41,42)29-14-22-7-8-23(32)15-27(22)44-29)19-24(37)16-28(39)35(11-12-38)18-21-5-3-2-4-6-21/h2-8,14-15,20,24,33,38H,9-13,16-19H2,1H3. The van der Waals surface area contributed by atoms with Gasteiger partial charge in [0.1, 0.15) is 9.97 Å². The molecule has 11 nitrogen and oxygen atoms in total. The third kappa shape index (κ3) is 6.79. The van der Waals surface area contributed by atoms with Crippen molar-refractivity contribution in [1.82, 2.24) is 24.4 Å². The SMILES string of the molecule is CC1Cc2nc(C(=O)N3CCN(S(=O)(=O)c4cc5ccc(Cl)cc5s4)CC3CC(=O)N(CCO)Cc3ccccc3)oc2CN1. The summed E-state index contributed by atoms with van der Waals surface area (Å²) >= 11 is 7.27. The second-order valence-corrected chi connectivity index (χ2v) is 15.1. The first-order chi connectivity index (χ1) is 21.6. The lowest BCUT2D eigenvalue weighted by Gasteiger charge is -2.40. The number of hydrogen-bond acceptors (Lipinski definition) is 9. The fourth-order valence-corrected chi connectivity index (χ4v) is 9.09. The molecule has 0 aliphatic carbocycles. The molecule has 45 heavy (non-hydrogen) atoms. The van der Waals surface area contributed by atoms with Crippen molar-refractivity contribution in [3.05, 3.63) is 82.5 Å². The Bertz CT molecular complexity index is 1810. The summed E-state index contributed by atoms with van der Waals surface area (Å²) in [5.74, 6) is -0.258. The van der Waals surface area contributed by atoms with Crippen molar-refractivity contribution in [3.63, 3.8) is 0 Å². The van der Waals surface area contributed by atoms with Crippen LogP contribution in [0.1, 0.15) is 41.0 Å². The second kappa shape index (κ2) is 13.2. The van der Waals surface area contributed by atoms with Crippen LogP contribution in [0.3, 0.4) is 0 Å². The number of fused-ring (bicyclic) bond motifs is 2. The van der Waals surface area contributed by atoms with Gasteiger partial charge in [-0.15, -0.1) is 11.3 Å².